The molecule has 0 aliphatic carbocycles. The SMILES string of the molecule is Cc1c(CNc2ccc(C#N)c(Br)c2)cccc1[N+](=O)[O-]. The van der Waals surface area contributed by atoms with Crippen molar-refractivity contribution in [2.45, 2.75) is 13.5 Å². The van der Waals surface area contributed by atoms with Crippen LogP contribution in [-0.2, 0) is 6.54 Å². The molecule has 0 heterocycles. The van der Waals surface area contributed by atoms with Gasteiger partial charge >= 0.3 is 0 Å². The summed E-state index contributed by atoms with van der Waals surface area (Å²) in [7, 11) is 0. The summed E-state index contributed by atoms with van der Waals surface area (Å²) in [4.78, 5) is 10.5. The first-order valence-electron chi connectivity index (χ1n) is 6.19. The highest BCUT2D eigenvalue weighted by Gasteiger charge is 2.12. The van der Waals surface area contributed by atoms with E-state index in [4.69, 9.17) is 5.26 Å². The van der Waals surface area contributed by atoms with Crippen LogP contribution < -0.4 is 5.32 Å². The average Bonchev–Trinajstić information content (AvgIpc) is 2.46. The number of nitrogens with one attached hydrogen (secondary N) is 1. The molecule has 0 saturated heterocycles. The number of nitrogens with zero attached hydrogens (tertiary/aromatic N) is 2. The Labute approximate surface area is 130 Å². The smallest absolute Gasteiger partial charge is 0.272 e. The lowest BCUT2D eigenvalue weighted by Crippen LogP contribution is -2.03. The lowest BCUT2D eigenvalue weighted by molar-refractivity contribution is -0.385. The van der Waals surface area contributed by atoms with Crippen molar-refractivity contribution in [1.82, 2.24) is 0 Å². The number of anilines is 1. The Morgan fingerprint density at radius 2 is 2.14 bits per heavy atom. The summed E-state index contributed by atoms with van der Waals surface area (Å²) in [5, 5.41) is 23.0. The third-order valence-corrected chi connectivity index (χ3v) is 3.84. The van der Waals surface area contributed by atoms with Crippen molar-refractivity contribution >= 4 is 27.3 Å². The second kappa shape index (κ2) is 6.37. The standard InChI is InChI=1S/C15H12BrN3O2/c1-10-12(3-2-4-15(10)19(20)21)9-18-13-6-5-11(8-17)14(16)7-13/h2-7,18H,9H2,1H3. The fourth-order valence-electron chi connectivity index (χ4n) is 1.97. The van der Waals surface area contributed by atoms with E-state index in [0.29, 0.717) is 22.1 Å². The molecule has 2 aromatic rings. The zero-order valence-corrected chi connectivity index (χ0v) is 12.8. The molecule has 0 unspecified atom stereocenters. The number of hydrogen-bond acceptors (Lipinski definition) is 4. The molecule has 0 spiro atoms. The van der Waals surface area contributed by atoms with E-state index < -0.39 is 0 Å². The molecule has 0 atom stereocenters. The first-order chi connectivity index (χ1) is 10.0. The van der Waals surface area contributed by atoms with Gasteiger partial charge in [-0.1, -0.05) is 12.1 Å². The van der Waals surface area contributed by atoms with Gasteiger partial charge in [-0.25, -0.2) is 0 Å². The Morgan fingerprint density at radius 3 is 2.76 bits per heavy atom. The van der Waals surface area contributed by atoms with E-state index in [9.17, 15) is 10.1 Å². The minimum Gasteiger partial charge on any atom is -0.381 e. The largest absolute Gasteiger partial charge is 0.381 e. The van der Waals surface area contributed by atoms with E-state index in [0.717, 1.165) is 11.3 Å². The number of nitriles is 1. The molecule has 2 aromatic carbocycles. The first kappa shape index (κ1) is 15.0. The molecule has 1 N–H and O–H groups in total. The number of nitro groups is 1. The van der Waals surface area contributed by atoms with Crippen LogP contribution >= 0.6 is 15.9 Å². The van der Waals surface area contributed by atoms with Gasteiger partial charge in [-0.15, -0.1) is 0 Å². The van der Waals surface area contributed by atoms with Crippen molar-refractivity contribution in [1.29, 1.82) is 5.26 Å². The van der Waals surface area contributed by atoms with Crippen LogP contribution in [-0.4, -0.2) is 4.92 Å². The highest BCUT2D eigenvalue weighted by molar-refractivity contribution is 9.10. The number of nitro benzene ring substituents is 1. The van der Waals surface area contributed by atoms with Crippen LogP contribution in [0.2, 0.25) is 0 Å². The van der Waals surface area contributed by atoms with Gasteiger partial charge in [0.2, 0.25) is 0 Å². The van der Waals surface area contributed by atoms with E-state index in [1.54, 1.807) is 25.1 Å². The van der Waals surface area contributed by atoms with Crippen LogP contribution in [0.3, 0.4) is 0 Å². The first-order valence-corrected chi connectivity index (χ1v) is 6.98. The molecule has 0 aliphatic heterocycles. The Morgan fingerprint density at radius 1 is 1.38 bits per heavy atom. The van der Waals surface area contributed by atoms with Gasteiger partial charge in [0.05, 0.1) is 10.5 Å². The summed E-state index contributed by atoms with van der Waals surface area (Å²) in [6, 6.07) is 12.4. The van der Waals surface area contributed by atoms with Crippen LogP contribution in [0.5, 0.6) is 0 Å². The van der Waals surface area contributed by atoms with Gasteiger partial charge in [-0.3, -0.25) is 10.1 Å². The summed E-state index contributed by atoms with van der Waals surface area (Å²) < 4.78 is 0.714. The molecule has 0 aromatic heterocycles. The number of rotatable bonds is 4. The van der Waals surface area contributed by atoms with Gasteiger partial charge in [-0.05, 0) is 46.6 Å². The van der Waals surface area contributed by atoms with Gasteiger partial charge in [0.15, 0.2) is 0 Å². The van der Waals surface area contributed by atoms with Crippen LogP contribution in [0.15, 0.2) is 40.9 Å². The van der Waals surface area contributed by atoms with Crippen molar-refractivity contribution in [2.24, 2.45) is 0 Å². The molecule has 0 amide bonds. The van der Waals surface area contributed by atoms with E-state index in [1.807, 2.05) is 12.1 Å². The zero-order chi connectivity index (χ0) is 15.4. The lowest BCUT2D eigenvalue weighted by Gasteiger charge is -2.10. The highest BCUT2D eigenvalue weighted by Crippen LogP contribution is 2.24. The van der Waals surface area contributed by atoms with E-state index in [2.05, 4.69) is 27.3 Å². The van der Waals surface area contributed by atoms with Gasteiger partial charge in [0.1, 0.15) is 6.07 Å². The molecular weight excluding hydrogens is 334 g/mol. The van der Waals surface area contributed by atoms with Crippen molar-refractivity contribution in [3.8, 4) is 6.07 Å². The second-order valence-corrected chi connectivity index (χ2v) is 5.33. The molecule has 6 heteroatoms. The normalized spacial score (nSPS) is 9.95. The summed E-state index contributed by atoms with van der Waals surface area (Å²) >= 11 is 3.33. The fourth-order valence-corrected chi connectivity index (χ4v) is 2.44. The molecule has 0 saturated carbocycles. The van der Waals surface area contributed by atoms with E-state index in [1.165, 1.54) is 6.07 Å². The molecule has 0 bridgehead atoms. The number of hydrogen-bond donors (Lipinski definition) is 1. The topological polar surface area (TPSA) is 79.0 Å². The van der Waals surface area contributed by atoms with Gasteiger partial charge in [-0.2, -0.15) is 5.26 Å². The molecule has 0 fully saturated rings. The van der Waals surface area contributed by atoms with Gasteiger partial charge in [0, 0.05) is 28.3 Å². The fraction of sp³-hybridized carbons (Fsp3) is 0.133. The molecule has 106 valence electrons. The molecule has 2 rings (SSSR count). The Balaban J connectivity index is 2.17. The maximum Gasteiger partial charge on any atom is 0.272 e. The van der Waals surface area contributed by atoms with Crippen molar-refractivity contribution in [3.05, 3.63) is 67.7 Å². The maximum absolute atomic E-state index is 10.9. The van der Waals surface area contributed by atoms with E-state index in [-0.39, 0.29) is 10.6 Å². The van der Waals surface area contributed by atoms with Crippen molar-refractivity contribution in [2.75, 3.05) is 5.32 Å². The molecule has 21 heavy (non-hydrogen) atoms. The van der Waals surface area contributed by atoms with Crippen molar-refractivity contribution in [3.63, 3.8) is 0 Å². The molecule has 5 nitrogen and oxygen atoms in total. The summed E-state index contributed by atoms with van der Waals surface area (Å²) in [6.07, 6.45) is 0. The Hall–Kier alpha value is -2.39. The molecular formula is C15H12BrN3O2. The van der Waals surface area contributed by atoms with Crippen LogP contribution in [0.25, 0.3) is 0 Å². The summed E-state index contributed by atoms with van der Waals surface area (Å²) in [6.45, 7) is 2.22. The molecule has 0 radical (unpaired) electrons. The quantitative estimate of drug-likeness (QED) is 0.666. The number of halogens is 1. The lowest BCUT2D eigenvalue weighted by atomic mass is 10.1. The number of benzene rings is 2. The third kappa shape index (κ3) is 3.38. The third-order valence-electron chi connectivity index (χ3n) is 3.19. The Bertz CT molecular complexity index is 738. The summed E-state index contributed by atoms with van der Waals surface area (Å²) in [5.41, 5.74) is 3.04. The zero-order valence-electron chi connectivity index (χ0n) is 11.3. The van der Waals surface area contributed by atoms with E-state index >= 15 is 0 Å². The second-order valence-electron chi connectivity index (χ2n) is 4.48. The van der Waals surface area contributed by atoms with Crippen LogP contribution in [0.4, 0.5) is 11.4 Å². The highest BCUT2D eigenvalue weighted by atomic mass is 79.9. The summed E-state index contributed by atoms with van der Waals surface area (Å²) in [5.74, 6) is 0. The predicted molar refractivity (Wildman–Crippen MR) is 84.0 cm³/mol. The minimum atomic E-state index is -0.378. The monoisotopic (exact) mass is 345 g/mol. The van der Waals surface area contributed by atoms with Gasteiger partial charge in [0.25, 0.3) is 5.69 Å². The van der Waals surface area contributed by atoms with Gasteiger partial charge < -0.3 is 5.32 Å². The predicted octanol–water partition coefficient (Wildman–Crippen LogP) is 4.15. The molecule has 0 aliphatic rings. The Kier molecular flexibility index (Phi) is 4.55. The maximum atomic E-state index is 10.9. The van der Waals surface area contributed by atoms with Crippen molar-refractivity contribution < 1.29 is 4.92 Å². The van der Waals surface area contributed by atoms with Crippen LogP contribution in [0.1, 0.15) is 16.7 Å². The van der Waals surface area contributed by atoms with Crippen LogP contribution in [0, 0.1) is 28.4 Å². The minimum absolute atomic E-state index is 0.121. The average molecular weight is 346 g/mol.